The number of fused-ring (bicyclic) bond motifs is 1. The third-order valence-electron chi connectivity index (χ3n) is 3.79. The first-order chi connectivity index (χ1) is 10.8. The lowest BCUT2D eigenvalue weighted by Crippen LogP contribution is -1.95. The Balaban J connectivity index is 1.64. The number of aromatic nitrogens is 2. The Morgan fingerprint density at radius 2 is 1.86 bits per heavy atom. The Morgan fingerprint density at radius 1 is 1.05 bits per heavy atom. The zero-order chi connectivity index (χ0) is 14.9. The number of halogens is 1. The molecule has 110 valence electrons. The van der Waals surface area contributed by atoms with Gasteiger partial charge in [-0.2, -0.15) is 0 Å². The molecule has 0 amide bonds. The van der Waals surface area contributed by atoms with Gasteiger partial charge in [0.15, 0.2) is 0 Å². The summed E-state index contributed by atoms with van der Waals surface area (Å²) in [6.07, 6.45) is 5.95. The minimum Gasteiger partial charge on any atom is -0.322 e. The first kappa shape index (κ1) is 13.5. The molecular formula is C17H14FN3S. The number of hydrogen-bond acceptors (Lipinski definition) is 4. The van der Waals surface area contributed by atoms with E-state index in [1.54, 1.807) is 30.6 Å². The number of benzene rings is 1. The zero-order valence-corrected chi connectivity index (χ0v) is 12.6. The molecule has 3 nitrogen and oxygen atoms in total. The molecule has 0 spiro atoms. The fraction of sp³-hybridized carbons (Fsp3) is 0.176. The van der Waals surface area contributed by atoms with Gasteiger partial charge in [-0.1, -0.05) is 6.07 Å². The van der Waals surface area contributed by atoms with Crippen molar-refractivity contribution in [1.82, 2.24) is 9.97 Å². The summed E-state index contributed by atoms with van der Waals surface area (Å²) < 4.78 is 17.1. The molecule has 5 heteroatoms. The number of nitrogens with zero attached hydrogens (tertiary/aromatic N) is 2. The summed E-state index contributed by atoms with van der Waals surface area (Å²) in [5, 5.41) is 1.51. The second-order valence-electron chi connectivity index (χ2n) is 5.37. The molecule has 22 heavy (non-hydrogen) atoms. The largest absolute Gasteiger partial charge is 0.322 e. The molecule has 0 unspecified atom stereocenters. The Bertz CT molecular complexity index is 833. The van der Waals surface area contributed by atoms with Gasteiger partial charge >= 0.3 is 0 Å². The minimum atomic E-state index is -0.254. The average Bonchev–Trinajstić information content (AvgIpc) is 3.40. The van der Waals surface area contributed by atoms with E-state index in [-0.39, 0.29) is 5.82 Å². The Hall–Kier alpha value is -2.14. The van der Waals surface area contributed by atoms with Crippen molar-refractivity contribution >= 4 is 28.5 Å². The van der Waals surface area contributed by atoms with Crippen LogP contribution in [-0.2, 0) is 0 Å². The van der Waals surface area contributed by atoms with Crippen molar-refractivity contribution in [3.05, 3.63) is 60.2 Å². The molecule has 1 aliphatic carbocycles. The van der Waals surface area contributed by atoms with Crippen molar-refractivity contribution in [3.8, 4) is 0 Å². The highest BCUT2D eigenvalue weighted by Crippen LogP contribution is 2.43. The molecular weight excluding hydrogens is 297 g/mol. The lowest BCUT2D eigenvalue weighted by atomic mass is 10.2. The van der Waals surface area contributed by atoms with Gasteiger partial charge in [0.25, 0.3) is 0 Å². The standard InChI is InChI=1S/C17H14FN3S/c18-14-7-8-15(16-13(14)4-2-9-19-16)21-22-17-12(11-5-6-11)3-1-10-20-17/h1-4,7-11,21H,5-6H2. The van der Waals surface area contributed by atoms with E-state index in [1.165, 1.54) is 36.4 Å². The zero-order valence-electron chi connectivity index (χ0n) is 11.8. The van der Waals surface area contributed by atoms with Gasteiger partial charge in [-0.3, -0.25) is 4.98 Å². The monoisotopic (exact) mass is 311 g/mol. The molecule has 0 radical (unpaired) electrons. The summed E-state index contributed by atoms with van der Waals surface area (Å²) >= 11 is 1.47. The van der Waals surface area contributed by atoms with Crippen LogP contribution in [0.5, 0.6) is 0 Å². The quantitative estimate of drug-likeness (QED) is 0.705. The number of rotatable bonds is 4. The van der Waals surface area contributed by atoms with Gasteiger partial charge in [0.2, 0.25) is 0 Å². The number of hydrogen-bond donors (Lipinski definition) is 1. The molecule has 0 aliphatic heterocycles. The fourth-order valence-electron chi connectivity index (χ4n) is 2.52. The smallest absolute Gasteiger partial charge is 0.132 e. The maximum Gasteiger partial charge on any atom is 0.132 e. The van der Waals surface area contributed by atoms with Crippen molar-refractivity contribution in [2.24, 2.45) is 0 Å². The molecule has 0 saturated heterocycles. The third kappa shape index (κ3) is 2.52. The Kier molecular flexibility index (Phi) is 3.42. The number of pyridine rings is 2. The first-order valence-corrected chi connectivity index (χ1v) is 8.05. The second kappa shape index (κ2) is 5.57. The van der Waals surface area contributed by atoms with Gasteiger partial charge in [0, 0.05) is 29.7 Å². The van der Waals surface area contributed by atoms with Crippen LogP contribution in [0.25, 0.3) is 10.9 Å². The van der Waals surface area contributed by atoms with Gasteiger partial charge in [0.1, 0.15) is 10.8 Å². The van der Waals surface area contributed by atoms with E-state index in [0.29, 0.717) is 16.8 Å². The van der Waals surface area contributed by atoms with Crippen LogP contribution >= 0.6 is 11.9 Å². The van der Waals surface area contributed by atoms with Gasteiger partial charge in [0.05, 0.1) is 11.2 Å². The van der Waals surface area contributed by atoms with Crippen molar-refractivity contribution < 1.29 is 4.39 Å². The summed E-state index contributed by atoms with van der Waals surface area (Å²) in [4.78, 5) is 8.75. The van der Waals surface area contributed by atoms with Gasteiger partial charge < -0.3 is 4.72 Å². The molecule has 0 atom stereocenters. The van der Waals surface area contributed by atoms with Crippen LogP contribution < -0.4 is 4.72 Å². The van der Waals surface area contributed by atoms with E-state index in [4.69, 9.17) is 0 Å². The van der Waals surface area contributed by atoms with Gasteiger partial charge in [-0.15, -0.1) is 0 Å². The molecule has 2 aromatic heterocycles. The maximum absolute atomic E-state index is 13.8. The molecule has 1 saturated carbocycles. The average molecular weight is 311 g/mol. The van der Waals surface area contributed by atoms with Crippen LogP contribution in [0.3, 0.4) is 0 Å². The topological polar surface area (TPSA) is 37.8 Å². The SMILES string of the molecule is Fc1ccc(NSc2ncccc2C2CC2)c2ncccc12. The normalized spacial score (nSPS) is 14.2. The molecule has 0 bridgehead atoms. The molecule has 1 fully saturated rings. The summed E-state index contributed by atoms with van der Waals surface area (Å²) in [6, 6.07) is 10.8. The van der Waals surface area contributed by atoms with E-state index < -0.39 is 0 Å². The summed E-state index contributed by atoms with van der Waals surface area (Å²) in [5.41, 5.74) is 2.73. The highest BCUT2D eigenvalue weighted by molar-refractivity contribution is 8.00. The minimum absolute atomic E-state index is 0.254. The highest BCUT2D eigenvalue weighted by Gasteiger charge is 2.26. The lowest BCUT2D eigenvalue weighted by Gasteiger charge is -2.10. The van der Waals surface area contributed by atoms with Crippen LogP contribution in [0.2, 0.25) is 0 Å². The van der Waals surface area contributed by atoms with Crippen LogP contribution in [0.1, 0.15) is 24.3 Å². The van der Waals surface area contributed by atoms with E-state index in [9.17, 15) is 4.39 Å². The summed E-state index contributed by atoms with van der Waals surface area (Å²) in [5.74, 6) is 0.385. The van der Waals surface area contributed by atoms with Gasteiger partial charge in [-0.25, -0.2) is 9.37 Å². The van der Waals surface area contributed by atoms with E-state index in [1.807, 2.05) is 6.07 Å². The molecule has 2 heterocycles. The summed E-state index contributed by atoms with van der Waals surface area (Å²) in [7, 11) is 0. The predicted octanol–water partition coefficient (Wildman–Crippen LogP) is 4.77. The highest BCUT2D eigenvalue weighted by atomic mass is 32.2. The number of nitrogens with one attached hydrogen (secondary N) is 1. The van der Waals surface area contributed by atoms with Gasteiger partial charge in [-0.05, 0) is 54.7 Å². The molecule has 1 N–H and O–H groups in total. The van der Waals surface area contributed by atoms with Crippen LogP contribution in [0.15, 0.2) is 53.8 Å². The van der Waals surface area contributed by atoms with E-state index in [2.05, 4.69) is 20.8 Å². The fourth-order valence-corrected chi connectivity index (χ4v) is 3.35. The van der Waals surface area contributed by atoms with Crippen molar-refractivity contribution in [2.75, 3.05) is 4.72 Å². The molecule has 1 aliphatic rings. The second-order valence-corrected chi connectivity index (χ2v) is 6.17. The third-order valence-corrected chi connectivity index (χ3v) is 4.65. The predicted molar refractivity (Wildman–Crippen MR) is 87.4 cm³/mol. The Morgan fingerprint density at radius 3 is 2.73 bits per heavy atom. The molecule has 4 rings (SSSR count). The Labute approximate surface area is 132 Å². The van der Waals surface area contributed by atoms with Crippen molar-refractivity contribution in [1.29, 1.82) is 0 Å². The van der Waals surface area contributed by atoms with E-state index >= 15 is 0 Å². The van der Waals surface area contributed by atoms with Crippen LogP contribution in [0, 0.1) is 5.82 Å². The van der Waals surface area contributed by atoms with Crippen LogP contribution in [-0.4, -0.2) is 9.97 Å². The number of anilines is 1. The summed E-state index contributed by atoms with van der Waals surface area (Å²) in [6.45, 7) is 0. The lowest BCUT2D eigenvalue weighted by molar-refractivity contribution is 0.639. The maximum atomic E-state index is 13.8. The first-order valence-electron chi connectivity index (χ1n) is 7.24. The van der Waals surface area contributed by atoms with Crippen molar-refractivity contribution in [2.45, 2.75) is 23.8 Å². The van der Waals surface area contributed by atoms with Crippen molar-refractivity contribution in [3.63, 3.8) is 0 Å². The molecule has 1 aromatic carbocycles. The van der Waals surface area contributed by atoms with E-state index in [0.717, 1.165) is 10.7 Å². The van der Waals surface area contributed by atoms with Crippen LogP contribution in [0.4, 0.5) is 10.1 Å². The molecule has 3 aromatic rings.